The van der Waals surface area contributed by atoms with E-state index >= 15 is 0 Å². The Hall–Kier alpha value is -1.03. The second-order valence-corrected chi connectivity index (χ2v) is 5.46. The summed E-state index contributed by atoms with van der Waals surface area (Å²) in [5, 5.41) is 0. The van der Waals surface area contributed by atoms with Crippen LogP contribution in [0.4, 0.5) is 0 Å². The van der Waals surface area contributed by atoms with Gasteiger partial charge in [0.1, 0.15) is 19.4 Å². The zero-order valence-electron chi connectivity index (χ0n) is 12.2. The first-order valence-electron chi connectivity index (χ1n) is 6.89. The van der Waals surface area contributed by atoms with Gasteiger partial charge in [0.05, 0.1) is 32.4 Å². The first-order valence-corrected chi connectivity index (χ1v) is 6.89. The van der Waals surface area contributed by atoms with E-state index in [2.05, 4.69) is 38.2 Å². The molecule has 0 aliphatic carbocycles. The van der Waals surface area contributed by atoms with Crippen LogP contribution in [0.3, 0.4) is 0 Å². The smallest absolute Gasteiger partial charge is 0.302 e. The monoisotopic (exact) mass is 255 g/mol. The average Bonchev–Trinajstić information content (AvgIpc) is 2.29. The number of carbonyl (C=O) groups is 1. The van der Waals surface area contributed by atoms with Crippen molar-refractivity contribution in [2.75, 3.05) is 33.3 Å². The number of ether oxygens (including phenoxy) is 1. The fourth-order valence-electron chi connectivity index (χ4n) is 2.44. The maximum Gasteiger partial charge on any atom is 0.302 e. The van der Waals surface area contributed by atoms with Crippen LogP contribution in [-0.4, -0.2) is 54.7 Å². The first kappa shape index (κ1) is 15.0. The van der Waals surface area contributed by atoms with E-state index in [9.17, 15) is 4.79 Å². The summed E-state index contributed by atoms with van der Waals surface area (Å²) in [5.74, 6) is -0.202. The molecule has 1 aliphatic heterocycles. The molecule has 1 heterocycles. The van der Waals surface area contributed by atoms with Gasteiger partial charge in [-0.2, -0.15) is 0 Å². The van der Waals surface area contributed by atoms with Crippen LogP contribution in [-0.2, 0) is 9.53 Å². The Balaban J connectivity index is 2.45. The van der Waals surface area contributed by atoms with Gasteiger partial charge in [-0.05, 0) is 13.3 Å². The number of carbonyl (C=O) groups excluding carboxylic acids is 1. The van der Waals surface area contributed by atoms with E-state index < -0.39 is 0 Å². The van der Waals surface area contributed by atoms with Gasteiger partial charge in [-0.1, -0.05) is 13.3 Å². The molecule has 4 nitrogen and oxygen atoms in total. The Morgan fingerprint density at radius 3 is 2.83 bits per heavy atom. The number of nitrogens with zero attached hydrogens (tertiary/aromatic N) is 2. The summed E-state index contributed by atoms with van der Waals surface area (Å²) < 4.78 is 6.00. The summed E-state index contributed by atoms with van der Waals surface area (Å²) in [5.41, 5.74) is 0. The van der Waals surface area contributed by atoms with Crippen molar-refractivity contribution in [1.29, 1.82) is 0 Å². The molecule has 0 radical (unpaired) electrons. The Morgan fingerprint density at radius 1 is 1.56 bits per heavy atom. The molecule has 0 saturated heterocycles. The van der Waals surface area contributed by atoms with Gasteiger partial charge in [0.25, 0.3) is 0 Å². The van der Waals surface area contributed by atoms with Crippen molar-refractivity contribution in [3.8, 4) is 0 Å². The quantitative estimate of drug-likeness (QED) is 0.537. The molecule has 1 rings (SSSR count). The highest BCUT2D eigenvalue weighted by Crippen LogP contribution is 2.17. The molecule has 0 fully saturated rings. The van der Waals surface area contributed by atoms with Gasteiger partial charge in [-0.3, -0.25) is 9.28 Å². The van der Waals surface area contributed by atoms with Gasteiger partial charge in [0.2, 0.25) is 0 Å². The molecule has 0 aromatic heterocycles. The van der Waals surface area contributed by atoms with E-state index in [0.29, 0.717) is 12.6 Å². The Kier molecular flexibility index (Phi) is 5.66. The average molecular weight is 255 g/mol. The van der Waals surface area contributed by atoms with Crippen molar-refractivity contribution in [1.82, 2.24) is 4.90 Å². The van der Waals surface area contributed by atoms with Crippen LogP contribution in [0.2, 0.25) is 0 Å². The molecule has 0 aromatic carbocycles. The summed E-state index contributed by atoms with van der Waals surface area (Å²) in [6.45, 7) is 9.50. The molecule has 0 spiro atoms. The van der Waals surface area contributed by atoms with E-state index in [4.69, 9.17) is 4.74 Å². The summed E-state index contributed by atoms with van der Waals surface area (Å²) in [6, 6.07) is 0.493. The predicted molar refractivity (Wildman–Crippen MR) is 72.8 cm³/mol. The van der Waals surface area contributed by atoms with E-state index in [1.807, 2.05) is 0 Å². The van der Waals surface area contributed by atoms with Crippen molar-refractivity contribution in [2.45, 2.75) is 39.7 Å². The minimum absolute atomic E-state index is 0.202. The van der Waals surface area contributed by atoms with Crippen molar-refractivity contribution >= 4 is 5.97 Å². The van der Waals surface area contributed by atoms with E-state index in [0.717, 1.165) is 17.6 Å². The summed E-state index contributed by atoms with van der Waals surface area (Å²) in [4.78, 5) is 13.0. The maximum atomic E-state index is 10.7. The molecule has 0 amide bonds. The first-order chi connectivity index (χ1) is 8.47. The highest BCUT2D eigenvalue weighted by Gasteiger charge is 2.28. The van der Waals surface area contributed by atoms with Crippen LogP contribution >= 0.6 is 0 Å². The van der Waals surface area contributed by atoms with E-state index in [1.165, 1.54) is 26.3 Å². The molecule has 0 bridgehead atoms. The zero-order chi connectivity index (χ0) is 13.6. The largest absolute Gasteiger partial charge is 0.464 e. The topological polar surface area (TPSA) is 29.5 Å². The van der Waals surface area contributed by atoms with Crippen molar-refractivity contribution in [2.24, 2.45) is 0 Å². The van der Waals surface area contributed by atoms with Gasteiger partial charge >= 0.3 is 5.97 Å². The van der Waals surface area contributed by atoms with Gasteiger partial charge in [-0.15, -0.1) is 0 Å². The lowest BCUT2D eigenvalue weighted by Crippen LogP contribution is -2.52. The van der Waals surface area contributed by atoms with Crippen molar-refractivity contribution in [3.63, 3.8) is 0 Å². The Bertz CT molecular complexity index is 304. The summed E-state index contributed by atoms with van der Waals surface area (Å²) >= 11 is 0. The van der Waals surface area contributed by atoms with Gasteiger partial charge in [-0.25, -0.2) is 0 Å². The number of quaternary nitrogens is 1. The molecule has 0 saturated carbocycles. The third kappa shape index (κ3) is 4.69. The van der Waals surface area contributed by atoms with Crippen LogP contribution in [0, 0.1) is 0 Å². The predicted octanol–water partition coefficient (Wildman–Crippen LogP) is 1.97. The molecule has 104 valence electrons. The number of esters is 1. The second-order valence-electron chi connectivity index (χ2n) is 5.46. The zero-order valence-corrected chi connectivity index (χ0v) is 12.2. The van der Waals surface area contributed by atoms with Crippen LogP contribution in [0.5, 0.6) is 0 Å². The lowest BCUT2D eigenvalue weighted by atomic mass is 10.2. The van der Waals surface area contributed by atoms with Gasteiger partial charge in [0.15, 0.2) is 0 Å². The molecule has 2 atom stereocenters. The Morgan fingerprint density at radius 2 is 2.28 bits per heavy atom. The van der Waals surface area contributed by atoms with Crippen LogP contribution < -0.4 is 0 Å². The lowest BCUT2D eigenvalue weighted by Gasteiger charge is -2.41. The van der Waals surface area contributed by atoms with Gasteiger partial charge < -0.3 is 9.64 Å². The molecule has 4 heteroatoms. The van der Waals surface area contributed by atoms with Crippen LogP contribution in [0.15, 0.2) is 12.4 Å². The number of rotatable bonds is 6. The standard InChI is InChI=1S/C14H27N2O2/c1-5-6-9-16(4)10-7-15(13(2)12-16)8-11-18-14(3)17/h7,10,13H,5-6,8-9,11-12H2,1-4H3/q+1/t13-,16?/m1/s1. The highest BCUT2D eigenvalue weighted by molar-refractivity contribution is 5.65. The molecular formula is C14H27N2O2+. The maximum absolute atomic E-state index is 10.7. The summed E-state index contributed by atoms with van der Waals surface area (Å²) in [7, 11) is 2.28. The molecule has 18 heavy (non-hydrogen) atoms. The van der Waals surface area contributed by atoms with Crippen LogP contribution in [0.1, 0.15) is 33.6 Å². The fourth-order valence-corrected chi connectivity index (χ4v) is 2.44. The number of likely N-dealkylation sites (N-methyl/N-ethyl adjacent to an activating group) is 1. The molecule has 1 aliphatic rings. The van der Waals surface area contributed by atoms with Crippen LogP contribution in [0.25, 0.3) is 0 Å². The number of unbranched alkanes of at least 4 members (excludes halogenated alkanes) is 1. The number of hydrogen-bond donors (Lipinski definition) is 0. The van der Waals surface area contributed by atoms with Crippen molar-refractivity contribution < 1.29 is 14.0 Å². The number of hydrogen-bond acceptors (Lipinski definition) is 3. The summed E-state index contributed by atoms with van der Waals surface area (Å²) in [6.07, 6.45) is 6.93. The molecular weight excluding hydrogens is 228 g/mol. The fraction of sp³-hybridized carbons (Fsp3) is 0.786. The molecule has 0 aromatic rings. The van der Waals surface area contributed by atoms with E-state index in [-0.39, 0.29) is 5.97 Å². The highest BCUT2D eigenvalue weighted by atomic mass is 16.5. The van der Waals surface area contributed by atoms with Gasteiger partial charge in [0, 0.05) is 6.92 Å². The van der Waals surface area contributed by atoms with E-state index in [1.54, 1.807) is 0 Å². The molecule has 1 unspecified atom stereocenters. The third-order valence-electron chi connectivity index (χ3n) is 3.54. The minimum atomic E-state index is -0.202. The SMILES string of the molecule is CCCC[N+]1(C)C=CN(CCOC(C)=O)[C@H](C)C1. The molecule has 0 N–H and O–H groups in total. The second kappa shape index (κ2) is 6.78. The lowest BCUT2D eigenvalue weighted by molar-refractivity contribution is -0.864. The normalized spacial score (nSPS) is 27.3. The third-order valence-corrected chi connectivity index (χ3v) is 3.54. The van der Waals surface area contributed by atoms with Crippen molar-refractivity contribution in [3.05, 3.63) is 12.4 Å². The Labute approximate surface area is 111 Å². The minimum Gasteiger partial charge on any atom is -0.464 e.